The molecule has 4 nitrogen and oxygen atoms in total. The molecule has 0 aliphatic rings. The molecule has 0 radical (unpaired) electrons. The molecule has 114 valence electrons. The first-order valence-electron chi connectivity index (χ1n) is 6.96. The highest BCUT2D eigenvalue weighted by atomic mass is 32.1. The molecule has 1 unspecified atom stereocenters. The molecule has 0 saturated heterocycles. The molecule has 1 atom stereocenters. The van der Waals surface area contributed by atoms with Crippen LogP contribution in [0.25, 0.3) is 10.6 Å². The highest BCUT2D eigenvalue weighted by Crippen LogP contribution is 2.38. The van der Waals surface area contributed by atoms with E-state index in [0.717, 1.165) is 21.1 Å². The molecule has 1 aromatic heterocycles. The van der Waals surface area contributed by atoms with Gasteiger partial charge in [0.25, 0.3) is 0 Å². The molecule has 0 aliphatic heterocycles. The predicted octanol–water partition coefficient (Wildman–Crippen LogP) is 3.97. The molecular formula is C16H22N2O2S. The smallest absolute Gasteiger partial charge is 0.161 e. The minimum absolute atomic E-state index is 0.00575. The molecule has 21 heavy (non-hydrogen) atoms. The van der Waals surface area contributed by atoms with E-state index in [1.807, 2.05) is 25.1 Å². The van der Waals surface area contributed by atoms with Gasteiger partial charge in [-0.15, -0.1) is 11.3 Å². The largest absolute Gasteiger partial charge is 0.493 e. The summed E-state index contributed by atoms with van der Waals surface area (Å²) >= 11 is 1.65. The molecule has 2 N–H and O–H groups in total. The fraction of sp³-hybridized carbons (Fsp3) is 0.438. The first kappa shape index (κ1) is 15.8. The Morgan fingerprint density at radius 1 is 1.10 bits per heavy atom. The van der Waals surface area contributed by atoms with E-state index in [9.17, 15) is 0 Å². The number of benzene rings is 1. The zero-order valence-corrected chi connectivity index (χ0v) is 14.0. The minimum Gasteiger partial charge on any atom is -0.493 e. The number of hydrogen-bond acceptors (Lipinski definition) is 5. The lowest BCUT2D eigenvalue weighted by Gasteiger charge is -2.08. The van der Waals surface area contributed by atoms with Gasteiger partial charge in [0, 0.05) is 16.5 Å². The van der Waals surface area contributed by atoms with Crippen molar-refractivity contribution in [3.63, 3.8) is 0 Å². The van der Waals surface area contributed by atoms with E-state index >= 15 is 0 Å². The maximum Gasteiger partial charge on any atom is 0.161 e. The second kappa shape index (κ2) is 6.45. The van der Waals surface area contributed by atoms with Crippen LogP contribution in [0.3, 0.4) is 0 Å². The summed E-state index contributed by atoms with van der Waals surface area (Å²) in [4.78, 5) is 5.92. The van der Waals surface area contributed by atoms with Gasteiger partial charge in [0.05, 0.1) is 19.9 Å². The van der Waals surface area contributed by atoms with Gasteiger partial charge < -0.3 is 15.2 Å². The van der Waals surface area contributed by atoms with Crippen molar-refractivity contribution in [2.45, 2.75) is 32.7 Å². The summed E-state index contributed by atoms with van der Waals surface area (Å²) in [5.41, 5.74) is 8.17. The standard InChI is InChI=1S/C16H22N2O2S/c1-9(2)14-15(10(3)17)21-16(18-14)11-6-7-12(19-4)13(8-11)20-5/h6-10H,17H2,1-5H3. The maximum atomic E-state index is 6.07. The molecule has 0 bridgehead atoms. The van der Waals surface area contributed by atoms with Gasteiger partial charge in [-0.2, -0.15) is 0 Å². The van der Waals surface area contributed by atoms with Gasteiger partial charge in [-0.05, 0) is 31.0 Å². The van der Waals surface area contributed by atoms with Crippen LogP contribution in [0.2, 0.25) is 0 Å². The van der Waals surface area contributed by atoms with E-state index in [-0.39, 0.29) is 6.04 Å². The van der Waals surface area contributed by atoms with Crippen LogP contribution in [0, 0.1) is 0 Å². The van der Waals surface area contributed by atoms with Crippen LogP contribution in [0.5, 0.6) is 11.5 Å². The summed E-state index contributed by atoms with van der Waals surface area (Å²) in [6.07, 6.45) is 0. The van der Waals surface area contributed by atoms with E-state index in [1.54, 1.807) is 25.6 Å². The Balaban J connectivity index is 2.49. The lowest BCUT2D eigenvalue weighted by Crippen LogP contribution is -2.06. The van der Waals surface area contributed by atoms with Crippen molar-refractivity contribution in [2.75, 3.05) is 14.2 Å². The molecule has 0 amide bonds. The van der Waals surface area contributed by atoms with Gasteiger partial charge in [-0.25, -0.2) is 4.98 Å². The van der Waals surface area contributed by atoms with Crippen LogP contribution in [0.4, 0.5) is 0 Å². The zero-order chi connectivity index (χ0) is 15.6. The third-order valence-electron chi connectivity index (χ3n) is 3.27. The van der Waals surface area contributed by atoms with Crippen molar-refractivity contribution in [1.29, 1.82) is 0 Å². The maximum absolute atomic E-state index is 6.07. The van der Waals surface area contributed by atoms with Crippen molar-refractivity contribution in [3.8, 4) is 22.1 Å². The average molecular weight is 306 g/mol. The van der Waals surface area contributed by atoms with Crippen molar-refractivity contribution < 1.29 is 9.47 Å². The predicted molar refractivity (Wildman–Crippen MR) is 87.3 cm³/mol. The second-order valence-electron chi connectivity index (χ2n) is 5.28. The molecule has 5 heteroatoms. The molecule has 1 aromatic carbocycles. The molecule has 0 aliphatic carbocycles. The van der Waals surface area contributed by atoms with E-state index in [1.165, 1.54) is 0 Å². The molecule has 0 saturated carbocycles. The van der Waals surface area contributed by atoms with Crippen LogP contribution in [0.15, 0.2) is 18.2 Å². The third-order valence-corrected chi connectivity index (χ3v) is 4.59. The van der Waals surface area contributed by atoms with E-state index < -0.39 is 0 Å². The highest BCUT2D eigenvalue weighted by Gasteiger charge is 2.18. The van der Waals surface area contributed by atoms with E-state index in [4.69, 9.17) is 20.2 Å². The van der Waals surface area contributed by atoms with Gasteiger partial charge in [-0.1, -0.05) is 13.8 Å². The summed E-state index contributed by atoms with van der Waals surface area (Å²) in [5.74, 6) is 1.78. The van der Waals surface area contributed by atoms with Gasteiger partial charge in [-0.3, -0.25) is 0 Å². The first-order chi connectivity index (χ1) is 9.97. The van der Waals surface area contributed by atoms with E-state index in [2.05, 4.69) is 13.8 Å². The minimum atomic E-state index is -0.00575. The zero-order valence-electron chi connectivity index (χ0n) is 13.1. The number of ether oxygens (including phenoxy) is 2. The quantitative estimate of drug-likeness (QED) is 0.908. The van der Waals surface area contributed by atoms with E-state index in [0.29, 0.717) is 17.4 Å². The van der Waals surface area contributed by atoms with Gasteiger partial charge in [0.2, 0.25) is 0 Å². The SMILES string of the molecule is COc1ccc(-c2nc(C(C)C)c(C(C)N)s2)cc1OC. The van der Waals surface area contributed by atoms with Crippen LogP contribution in [-0.2, 0) is 0 Å². The number of aromatic nitrogens is 1. The van der Waals surface area contributed by atoms with Crippen LogP contribution >= 0.6 is 11.3 Å². The fourth-order valence-electron chi connectivity index (χ4n) is 2.18. The summed E-state index contributed by atoms with van der Waals surface area (Å²) in [6, 6.07) is 5.84. The number of nitrogens with zero attached hydrogens (tertiary/aromatic N) is 1. The summed E-state index contributed by atoms with van der Waals surface area (Å²) in [5, 5.41) is 0.965. The van der Waals surface area contributed by atoms with Crippen molar-refractivity contribution >= 4 is 11.3 Å². The number of rotatable bonds is 5. The lowest BCUT2D eigenvalue weighted by molar-refractivity contribution is 0.355. The second-order valence-corrected chi connectivity index (χ2v) is 6.31. The van der Waals surface area contributed by atoms with Gasteiger partial charge in [0.15, 0.2) is 11.5 Å². The highest BCUT2D eigenvalue weighted by molar-refractivity contribution is 7.15. The Labute approximate surface area is 129 Å². The Morgan fingerprint density at radius 3 is 2.24 bits per heavy atom. The molecule has 0 fully saturated rings. The number of hydrogen-bond donors (Lipinski definition) is 1. The Bertz CT molecular complexity index is 595. The lowest BCUT2D eigenvalue weighted by atomic mass is 10.1. The van der Waals surface area contributed by atoms with Crippen LogP contribution in [0.1, 0.15) is 43.3 Å². The summed E-state index contributed by atoms with van der Waals surface area (Å²) in [6.45, 7) is 6.27. The monoisotopic (exact) mass is 306 g/mol. The Kier molecular flexibility index (Phi) is 4.85. The van der Waals surface area contributed by atoms with Crippen molar-refractivity contribution in [3.05, 3.63) is 28.8 Å². The molecule has 2 aromatic rings. The summed E-state index contributed by atoms with van der Waals surface area (Å²) in [7, 11) is 3.27. The molecule has 2 rings (SSSR count). The normalized spacial score (nSPS) is 12.5. The molecular weight excluding hydrogens is 284 g/mol. The topological polar surface area (TPSA) is 57.4 Å². The summed E-state index contributed by atoms with van der Waals surface area (Å²) < 4.78 is 10.6. The molecule has 0 spiro atoms. The third kappa shape index (κ3) is 3.19. The fourth-order valence-corrected chi connectivity index (χ4v) is 3.35. The van der Waals surface area contributed by atoms with Gasteiger partial charge >= 0.3 is 0 Å². The number of methoxy groups -OCH3 is 2. The van der Waals surface area contributed by atoms with Crippen LogP contribution < -0.4 is 15.2 Å². The Morgan fingerprint density at radius 2 is 1.76 bits per heavy atom. The number of thiazole rings is 1. The van der Waals surface area contributed by atoms with Crippen molar-refractivity contribution in [1.82, 2.24) is 4.98 Å². The Hall–Kier alpha value is -1.59. The van der Waals surface area contributed by atoms with Crippen LogP contribution in [-0.4, -0.2) is 19.2 Å². The first-order valence-corrected chi connectivity index (χ1v) is 7.78. The van der Waals surface area contributed by atoms with Crippen molar-refractivity contribution in [2.24, 2.45) is 5.73 Å². The van der Waals surface area contributed by atoms with Gasteiger partial charge in [0.1, 0.15) is 5.01 Å². The average Bonchev–Trinajstić information content (AvgIpc) is 2.92. The molecule has 1 heterocycles. The number of nitrogens with two attached hydrogens (primary N) is 1.